The van der Waals surface area contributed by atoms with Crippen molar-refractivity contribution in [1.82, 2.24) is 0 Å². The minimum atomic E-state index is -0.655. The minimum absolute atomic E-state index is 0.201. The van der Waals surface area contributed by atoms with Crippen molar-refractivity contribution in [2.75, 3.05) is 5.32 Å². The van der Waals surface area contributed by atoms with Crippen LogP contribution in [0.4, 0.5) is 11.4 Å². The van der Waals surface area contributed by atoms with Crippen LogP contribution in [0.5, 0.6) is 5.75 Å². The van der Waals surface area contributed by atoms with E-state index in [1.54, 1.807) is 19.1 Å². The zero-order valence-electron chi connectivity index (χ0n) is 11.6. The highest BCUT2D eigenvalue weighted by atomic mass is 16.6. The van der Waals surface area contributed by atoms with E-state index < -0.39 is 10.8 Å². The van der Waals surface area contributed by atoms with Gasteiger partial charge >= 0.3 is 0 Å². The standard InChI is InChI=1S/C15H14N2O4/c1-9-6-7-11(10(2)8-9)15(19)16-14-12(17(20)21)4-3-5-13(14)18/h3-8,18H,1-2H3,(H,16,19). The Labute approximate surface area is 121 Å². The number of hydrogen-bond donors (Lipinski definition) is 2. The average molecular weight is 286 g/mol. The first-order valence-electron chi connectivity index (χ1n) is 6.25. The van der Waals surface area contributed by atoms with Gasteiger partial charge < -0.3 is 10.4 Å². The van der Waals surface area contributed by atoms with Gasteiger partial charge in [-0.3, -0.25) is 14.9 Å². The molecule has 0 atom stereocenters. The summed E-state index contributed by atoms with van der Waals surface area (Å²) in [5.74, 6) is -0.848. The summed E-state index contributed by atoms with van der Waals surface area (Å²) >= 11 is 0. The number of benzene rings is 2. The van der Waals surface area contributed by atoms with Crippen LogP contribution in [-0.4, -0.2) is 15.9 Å². The van der Waals surface area contributed by atoms with Gasteiger partial charge in [0.05, 0.1) is 4.92 Å². The molecule has 6 heteroatoms. The molecule has 0 saturated carbocycles. The van der Waals surface area contributed by atoms with Crippen molar-refractivity contribution >= 4 is 17.3 Å². The summed E-state index contributed by atoms with van der Waals surface area (Å²) in [5, 5.41) is 23.1. The lowest BCUT2D eigenvalue weighted by Gasteiger charge is -2.10. The lowest BCUT2D eigenvalue weighted by molar-refractivity contribution is -0.384. The maximum Gasteiger partial charge on any atom is 0.296 e. The molecule has 2 rings (SSSR count). The van der Waals surface area contributed by atoms with Crippen LogP contribution in [0.15, 0.2) is 36.4 Å². The maximum absolute atomic E-state index is 12.2. The normalized spacial score (nSPS) is 10.2. The van der Waals surface area contributed by atoms with Crippen LogP contribution in [0.2, 0.25) is 0 Å². The molecule has 108 valence electrons. The van der Waals surface area contributed by atoms with Gasteiger partial charge in [0.15, 0.2) is 5.69 Å². The van der Waals surface area contributed by atoms with Crippen LogP contribution in [0, 0.1) is 24.0 Å². The number of nitro benzene ring substituents is 1. The van der Waals surface area contributed by atoms with E-state index in [-0.39, 0.29) is 17.1 Å². The van der Waals surface area contributed by atoms with Crippen LogP contribution < -0.4 is 5.32 Å². The number of anilines is 1. The van der Waals surface area contributed by atoms with Gasteiger partial charge in [0, 0.05) is 11.6 Å². The summed E-state index contributed by atoms with van der Waals surface area (Å²) in [6.45, 7) is 3.68. The predicted molar refractivity (Wildman–Crippen MR) is 78.6 cm³/mol. The molecule has 6 nitrogen and oxygen atoms in total. The highest BCUT2D eigenvalue weighted by Gasteiger charge is 2.20. The molecule has 0 aliphatic carbocycles. The van der Waals surface area contributed by atoms with E-state index in [2.05, 4.69) is 5.32 Å². The zero-order valence-corrected chi connectivity index (χ0v) is 11.6. The fraction of sp³-hybridized carbons (Fsp3) is 0.133. The van der Waals surface area contributed by atoms with Crippen molar-refractivity contribution < 1.29 is 14.8 Å². The molecule has 0 aromatic heterocycles. The highest BCUT2D eigenvalue weighted by Crippen LogP contribution is 2.33. The monoisotopic (exact) mass is 286 g/mol. The largest absolute Gasteiger partial charge is 0.505 e. The third-order valence-corrected chi connectivity index (χ3v) is 3.08. The fourth-order valence-corrected chi connectivity index (χ4v) is 2.06. The SMILES string of the molecule is Cc1ccc(C(=O)Nc2c(O)cccc2[N+](=O)[O-])c(C)c1. The number of phenolic OH excluding ortho intramolecular Hbond substituents is 1. The summed E-state index contributed by atoms with van der Waals surface area (Å²) in [5.41, 5.74) is 1.61. The van der Waals surface area contributed by atoms with E-state index in [0.717, 1.165) is 11.1 Å². The highest BCUT2D eigenvalue weighted by molar-refractivity contribution is 6.07. The predicted octanol–water partition coefficient (Wildman–Crippen LogP) is 3.17. The van der Waals surface area contributed by atoms with E-state index in [1.165, 1.54) is 18.2 Å². The average Bonchev–Trinajstić information content (AvgIpc) is 2.40. The number of amides is 1. The van der Waals surface area contributed by atoms with E-state index in [9.17, 15) is 20.0 Å². The van der Waals surface area contributed by atoms with Gasteiger partial charge in [-0.15, -0.1) is 0 Å². The number of phenols is 1. The van der Waals surface area contributed by atoms with Crippen molar-refractivity contribution in [3.63, 3.8) is 0 Å². The number of nitrogens with one attached hydrogen (secondary N) is 1. The number of para-hydroxylation sites is 1. The molecule has 0 aliphatic heterocycles. The lowest BCUT2D eigenvalue weighted by Crippen LogP contribution is -2.14. The van der Waals surface area contributed by atoms with Crippen LogP contribution in [0.25, 0.3) is 0 Å². The van der Waals surface area contributed by atoms with Crippen LogP contribution in [0.3, 0.4) is 0 Å². The van der Waals surface area contributed by atoms with Crippen molar-refractivity contribution in [1.29, 1.82) is 0 Å². The molecule has 0 spiro atoms. The third-order valence-electron chi connectivity index (χ3n) is 3.08. The fourth-order valence-electron chi connectivity index (χ4n) is 2.06. The topological polar surface area (TPSA) is 92.5 Å². The van der Waals surface area contributed by atoms with Crippen LogP contribution in [-0.2, 0) is 0 Å². The van der Waals surface area contributed by atoms with Crippen molar-refractivity contribution in [2.24, 2.45) is 0 Å². The van der Waals surface area contributed by atoms with Crippen molar-refractivity contribution in [3.8, 4) is 5.75 Å². The Morgan fingerprint density at radius 2 is 1.95 bits per heavy atom. The van der Waals surface area contributed by atoms with Gasteiger partial charge in [0.25, 0.3) is 11.6 Å². The Hall–Kier alpha value is -2.89. The van der Waals surface area contributed by atoms with Crippen molar-refractivity contribution in [3.05, 3.63) is 63.2 Å². The molecule has 0 heterocycles. The minimum Gasteiger partial charge on any atom is -0.505 e. The molecule has 0 aliphatic rings. The summed E-state index contributed by atoms with van der Waals surface area (Å²) in [7, 11) is 0. The summed E-state index contributed by atoms with van der Waals surface area (Å²) in [4.78, 5) is 22.5. The van der Waals surface area contributed by atoms with E-state index >= 15 is 0 Å². The lowest BCUT2D eigenvalue weighted by atomic mass is 10.1. The molecule has 0 radical (unpaired) electrons. The Morgan fingerprint density at radius 1 is 1.24 bits per heavy atom. The smallest absolute Gasteiger partial charge is 0.296 e. The first-order valence-corrected chi connectivity index (χ1v) is 6.25. The Kier molecular flexibility index (Phi) is 3.89. The Balaban J connectivity index is 2.38. The summed E-state index contributed by atoms with van der Waals surface area (Å²) < 4.78 is 0. The number of rotatable bonds is 3. The van der Waals surface area contributed by atoms with Gasteiger partial charge in [-0.25, -0.2) is 0 Å². The van der Waals surface area contributed by atoms with E-state index in [4.69, 9.17) is 0 Å². The Bertz CT molecular complexity index is 726. The second-order valence-corrected chi connectivity index (χ2v) is 4.70. The molecule has 1 amide bonds. The molecular weight excluding hydrogens is 272 g/mol. The molecule has 2 N–H and O–H groups in total. The molecule has 0 unspecified atom stereocenters. The van der Waals surface area contributed by atoms with E-state index in [1.807, 2.05) is 13.0 Å². The summed E-state index contributed by atoms with van der Waals surface area (Å²) in [6.07, 6.45) is 0. The third kappa shape index (κ3) is 3.00. The second kappa shape index (κ2) is 5.62. The Morgan fingerprint density at radius 3 is 2.57 bits per heavy atom. The van der Waals surface area contributed by atoms with Gasteiger partial charge in [-0.05, 0) is 31.5 Å². The number of nitrogens with zero attached hydrogens (tertiary/aromatic N) is 1. The zero-order chi connectivity index (χ0) is 15.6. The van der Waals surface area contributed by atoms with Crippen LogP contribution >= 0.6 is 0 Å². The summed E-state index contributed by atoms with van der Waals surface area (Å²) in [6, 6.07) is 9.11. The number of carbonyl (C=O) groups excluding carboxylic acids is 1. The van der Waals surface area contributed by atoms with Crippen molar-refractivity contribution in [2.45, 2.75) is 13.8 Å². The molecule has 2 aromatic carbocycles. The van der Waals surface area contributed by atoms with E-state index in [0.29, 0.717) is 5.56 Å². The van der Waals surface area contributed by atoms with Crippen LogP contribution in [0.1, 0.15) is 21.5 Å². The first-order chi connectivity index (χ1) is 9.90. The maximum atomic E-state index is 12.2. The number of hydrogen-bond acceptors (Lipinski definition) is 4. The van der Waals surface area contributed by atoms with Gasteiger partial charge in [-0.2, -0.15) is 0 Å². The first kappa shape index (κ1) is 14.5. The number of nitro groups is 1. The van der Waals surface area contributed by atoms with Gasteiger partial charge in [0.1, 0.15) is 5.75 Å². The number of aryl methyl sites for hydroxylation is 2. The number of carbonyl (C=O) groups is 1. The number of aromatic hydroxyl groups is 1. The molecule has 0 fully saturated rings. The molecule has 0 bridgehead atoms. The second-order valence-electron chi connectivity index (χ2n) is 4.70. The molecule has 0 saturated heterocycles. The quantitative estimate of drug-likeness (QED) is 0.515. The molecule has 21 heavy (non-hydrogen) atoms. The van der Waals surface area contributed by atoms with Gasteiger partial charge in [-0.1, -0.05) is 23.8 Å². The molecular formula is C15H14N2O4. The molecule has 2 aromatic rings. The van der Waals surface area contributed by atoms with Gasteiger partial charge in [0.2, 0.25) is 0 Å².